The fraction of sp³-hybridized carbons (Fsp3) is 0.250. The van der Waals surface area contributed by atoms with Gasteiger partial charge in [0.2, 0.25) is 0 Å². The zero-order valence-electron chi connectivity index (χ0n) is 6.02. The quantitative estimate of drug-likeness (QED) is 0.672. The van der Waals surface area contributed by atoms with Gasteiger partial charge in [-0.05, 0) is 41.4 Å². The molecule has 0 aliphatic carbocycles. The zero-order chi connectivity index (χ0) is 7.56. The summed E-state index contributed by atoms with van der Waals surface area (Å²) >= 11 is 5.05. The van der Waals surface area contributed by atoms with Crippen molar-refractivity contribution in [2.75, 3.05) is 0 Å². The molecule has 0 N–H and O–H groups in total. The van der Waals surface area contributed by atoms with E-state index >= 15 is 0 Å². The molecule has 0 atom stereocenters. The molecule has 1 heterocycles. The molecular formula is C8H9BrS. The van der Waals surface area contributed by atoms with Gasteiger partial charge < -0.3 is 0 Å². The second-order valence-electron chi connectivity index (χ2n) is 2.16. The number of thiophene rings is 1. The van der Waals surface area contributed by atoms with Gasteiger partial charge >= 0.3 is 0 Å². The van der Waals surface area contributed by atoms with E-state index in [-0.39, 0.29) is 0 Å². The smallest absolute Gasteiger partial charge is 0.00495 e. The van der Waals surface area contributed by atoms with Crippen molar-refractivity contribution in [1.82, 2.24) is 0 Å². The summed E-state index contributed by atoms with van der Waals surface area (Å²) in [5.74, 6) is 0. The van der Waals surface area contributed by atoms with Crippen LogP contribution in [0.2, 0.25) is 0 Å². The summed E-state index contributed by atoms with van der Waals surface area (Å²) in [7, 11) is 0. The van der Waals surface area contributed by atoms with E-state index in [1.54, 1.807) is 11.3 Å². The molecule has 0 aliphatic rings. The highest BCUT2D eigenvalue weighted by Gasteiger charge is 1.98. The second kappa shape index (κ2) is 3.35. The Labute approximate surface area is 73.7 Å². The Morgan fingerprint density at radius 1 is 1.50 bits per heavy atom. The lowest BCUT2D eigenvalue weighted by Gasteiger charge is -1.89. The van der Waals surface area contributed by atoms with Gasteiger partial charge in [0.05, 0.1) is 0 Å². The molecule has 0 saturated carbocycles. The SMILES string of the molecule is Cc1scc(/C=C/Br)c1C. The third kappa shape index (κ3) is 1.50. The summed E-state index contributed by atoms with van der Waals surface area (Å²) in [6.07, 6.45) is 2.07. The number of halogens is 1. The summed E-state index contributed by atoms with van der Waals surface area (Å²) in [6.45, 7) is 4.29. The van der Waals surface area contributed by atoms with Crippen LogP contribution in [0, 0.1) is 13.8 Å². The fourth-order valence-electron chi connectivity index (χ4n) is 0.764. The molecule has 0 aliphatic heterocycles. The molecule has 0 unspecified atom stereocenters. The average Bonchev–Trinajstić information content (AvgIpc) is 2.20. The highest BCUT2D eigenvalue weighted by molar-refractivity contribution is 9.11. The van der Waals surface area contributed by atoms with E-state index in [1.165, 1.54) is 16.0 Å². The van der Waals surface area contributed by atoms with Crippen LogP contribution in [-0.2, 0) is 0 Å². The molecule has 54 valence electrons. The van der Waals surface area contributed by atoms with Crippen molar-refractivity contribution in [2.45, 2.75) is 13.8 Å². The first-order valence-corrected chi connectivity index (χ1v) is 4.86. The van der Waals surface area contributed by atoms with Crippen molar-refractivity contribution < 1.29 is 0 Å². The summed E-state index contributed by atoms with van der Waals surface area (Å²) in [5, 5.41) is 2.17. The molecule has 2 heteroatoms. The largest absolute Gasteiger partial charge is 0.148 e. The molecule has 1 aromatic heterocycles. The van der Waals surface area contributed by atoms with Crippen LogP contribution in [0.25, 0.3) is 6.08 Å². The number of hydrogen-bond acceptors (Lipinski definition) is 1. The minimum absolute atomic E-state index is 1.32. The van der Waals surface area contributed by atoms with Gasteiger partial charge in [-0.3, -0.25) is 0 Å². The summed E-state index contributed by atoms with van der Waals surface area (Å²) in [5.41, 5.74) is 2.71. The Hall–Kier alpha value is -0.0800. The van der Waals surface area contributed by atoms with Crippen LogP contribution in [0.1, 0.15) is 16.0 Å². The lowest BCUT2D eigenvalue weighted by molar-refractivity contribution is 1.43. The Balaban J connectivity index is 3.05. The van der Waals surface area contributed by atoms with Crippen LogP contribution < -0.4 is 0 Å². The van der Waals surface area contributed by atoms with E-state index < -0.39 is 0 Å². The van der Waals surface area contributed by atoms with Crippen LogP contribution in [0.5, 0.6) is 0 Å². The molecule has 0 saturated heterocycles. The number of aryl methyl sites for hydroxylation is 1. The Morgan fingerprint density at radius 2 is 2.20 bits per heavy atom. The average molecular weight is 217 g/mol. The first-order chi connectivity index (χ1) is 4.75. The minimum Gasteiger partial charge on any atom is -0.148 e. The molecule has 0 fully saturated rings. The van der Waals surface area contributed by atoms with Gasteiger partial charge in [0.15, 0.2) is 0 Å². The monoisotopic (exact) mass is 216 g/mol. The van der Waals surface area contributed by atoms with Crippen molar-refractivity contribution >= 4 is 33.3 Å². The molecular weight excluding hydrogens is 208 g/mol. The van der Waals surface area contributed by atoms with E-state index in [1.807, 2.05) is 4.99 Å². The van der Waals surface area contributed by atoms with Gasteiger partial charge in [-0.2, -0.15) is 0 Å². The normalized spacial score (nSPS) is 11.1. The highest BCUT2D eigenvalue weighted by Crippen LogP contribution is 2.21. The van der Waals surface area contributed by atoms with Gasteiger partial charge in [-0.25, -0.2) is 0 Å². The molecule has 0 bridgehead atoms. The van der Waals surface area contributed by atoms with Crippen molar-refractivity contribution in [2.24, 2.45) is 0 Å². The molecule has 0 radical (unpaired) electrons. The van der Waals surface area contributed by atoms with E-state index in [4.69, 9.17) is 0 Å². The predicted octanol–water partition coefficient (Wildman–Crippen LogP) is 3.73. The second-order valence-corrected chi connectivity index (χ2v) is 3.78. The Morgan fingerprint density at radius 3 is 2.60 bits per heavy atom. The van der Waals surface area contributed by atoms with Gasteiger partial charge in [-0.1, -0.05) is 15.9 Å². The molecule has 10 heavy (non-hydrogen) atoms. The fourth-order valence-corrected chi connectivity index (χ4v) is 1.90. The van der Waals surface area contributed by atoms with Gasteiger partial charge in [0.1, 0.15) is 0 Å². The lowest BCUT2D eigenvalue weighted by atomic mass is 10.2. The predicted molar refractivity (Wildman–Crippen MR) is 51.8 cm³/mol. The van der Waals surface area contributed by atoms with Gasteiger partial charge in [0, 0.05) is 4.88 Å². The summed E-state index contributed by atoms with van der Waals surface area (Å²) in [4.78, 5) is 3.29. The number of hydrogen-bond donors (Lipinski definition) is 0. The molecule has 1 rings (SSSR count). The van der Waals surface area contributed by atoms with Crippen molar-refractivity contribution in [3.8, 4) is 0 Å². The first kappa shape index (κ1) is 8.02. The highest BCUT2D eigenvalue weighted by atomic mass is 79.9. The minimum atomic E-state index is 1.32. The molecule has 0 aromatic carbocycles. The summed E-state index contributed by atoms with van der Waals surface area (Å²) < 4.78 is 0. The molecule has 0 spiro atoms. The third-order valence-electron chi connectivity index (χ3n) is 1.57. The zero-order valence-corrected chi connectivity index (χ0v) is 8.42. The van der Waals surface area contributed by atoms with E-state index in [0.29, 0.717) is 0 Å². The topological polar surface area (TPSA) is 0 Å². The van der Waals surface area contributed by atoms with Crippen molar-refractivity contribution in [1.29, 1.82) is 0 Å². The Bertz CT molecular complexity index is 248. The molecule has 0 nitrogen and oxygen atoms in total. The maximum Gasteiger partial charge on any atom is 0.00495 e. The molecule has 1 aromatic rings. The van der Waals surface area contributed by atoms with Crippen molar-refractivity contribution in [3.63, 3.8) is 0 Å². The van der Waals surface area contributed by atoms with Gasteiger partial charge in [0.25, 0.3) is 0 Å². The first-order valence-electron chi connectivity index (χ1n) is 3.07. The van der Waals surface area contributed by atoms with Crippen LogP contribution in [0.15, 0.2) is 10.4 Å². The van der Waals surface area contributed by atoms with Crippen LogP contribution >= 0.6 is 27.3 Å². The lowest BCUT2D eigenvalue weighted by Crippen LogP contribution is -1.71. The van der Waals surface area contributed by atoms with Crippen LogP contribution in [-0.4, -0.2) is 0 Å². The van der Waals surface area contributed by atoms with Crippen molar-refractivity contribution in [3.05, 3.63) is 26.4 Å². The summed E-state index contributed by atoms with van der Waals surface area (Å²) in [6, 6.07) is 0. The van der Waals surface area contributed by atoms with E-state index in [2.05, 4.69) is 41.2 Å². The van der Waals surface area contributed by atoms with E-state index in [9.17, 15) is 0 Å². The van der Waals surface area contributed by atoms with E-state index in [0.717, 1.165) is 0 Å². The standard InChI is InChI=1S/C8H9BrS/c1-6-7(2)10-5-8(6)3-4-9/h3-5H,1-2H3/b4-3+. The maximum atomic E-state index is 3.25. The van der Waals surface area contributed by atoms with Crippen LogP contribution in [0.4, 0.5) is 0 Å². The number of rotatable bonds is 1. The third-order valence-corrected chi connectivity index (χ3v) is 2.86. The van der Waals surface area contributed by atoms with Gasteiger partial charge in [-0.15, -0.1) is 11.3 Å². The van der Waals surface area contributed by atoms with Crippen LogP contribution in [0.3, 0.4) is 0 Å². The molecule has 0 amide bonds. The maximum absolute atomic E-state index is 3.25. The Kier molecular flexibility index (Phi) is 2.69.